The van der Waals surface area contributed by atoms with E-state index >= 15 is 0 Å². The molecule has 0 spiro atoms. The number of phosphoric acid groups is 1. The number of nitrogens with zero attached hydrogens (tertiary/aromatic N) is 1. The van der Waals surface area contributed by atoms with E-state index in [0.29, 0.717) is 12.5 Å². The summed E-state index contributed by atoms with van der Waals surface area (Å²) in [5.74, 6) is 2.18. The van der Waals surface area contributed by atoms with Crippen LogP contribution in [0.15, 0.2) is 24.5 Å². The molecule has 1 aromatic heterocycles. The molecule has 32 heavy (non-hydrogen) atoms. The molecular formula is C21H29N2O8P. The molecule has 0 radical (unpaired) electrons. The highest BCUT2D eigenvalue weighted by molar-refractivity contribution is 7.44. The van der Waals surface area contributed by atoms with Crippen LogP contribution in [0.2, 0.25) is 0 Å². The molecule has 1 saturated heterocycles. The van der Waals surface area contributed by atoms with Crippen molar-refractivity contribution in [3.05, 3.63) is 30.1 Å². The molecule has 1 unspecified atom stereocenters. The summed E-state index contributed by atoms with van der Waals surface area (Å²) in [5.41, 5.74) is 5.64. The molecule has 5 atom stereocenters. The number of hydrogen-bond donors (Lipinski definition) is 2. The van der Waals surface area contributed by atoms with Crippen molar-refractivity contribution in [2.45, 2.75) is 56.6 Å². The quantitative estimate of drug-likeness (QED) is 0.286. The highest BCUT2D eigenvalue weighted by atomic mass is 31.2. The molecule has 1 amide bonds. The number of carbonyl (C=O) groups is 1. The second-order valence-electron chi connectivity index (χ2n) is 8.02. The average Bonchev–Trinajstić information content (AvgIpc) is 3.12. The molecule has 3 N–H and O–H groups in total. The molecule has 0 bridgehead atoms. The second-order valence-corrected chi connectivity index (χ2v) is 9.21. The van der Waals surface area contributed by atoms with Gasteiger partial charge in [0.15, 0.2) is 18.5 Å². The maximum atomic E-state index is 11.6. The van der Waals surface area contributed by atoms with E-state index in [2.05, 4.69) is 10.4 Å². The lowest BCUT2D eigenvalue weighted by Gasteiger charge is -2.27. The van der Waals surface area contributed by atoms with E-state index in [1.165, 1.54) is 12.6 Å². The number of rotatable bonds is 10. The Hall–Kier alpha value is -1.83. The minimum absolute atomic E-state index is 0.0302. The zero-order valence-electron chi connectivity index (χ0n) is 17.7. The third-order valence-electron chi connectivity index (χ3n) is 5.70. The van der Waals surface area contributed by atoms with E-state index in [-0.39, 0.29) is 12.2 Å². The fraction of sp³-hybridized carbons (Fsp3) is 0.619. The van der Waals surface area contributed by atoms with Crippen LogP contribution in [0.25, 0.3) is 0 Å². The van der Waals surface area contributed by atoms with Gasteiger partial charge in [0.1, 0.15) is 24.4 Å². The van der Waals surface area contributed by atoms with Gasteiger partial charge in [-0.3, -0.25) is 9.36 Å². The Morgan fingerprint density at radius 3 is 2.72 bits per heavy atom. The van der Waals surface area contributed by atoms with Gasteiger partial charge in [0.25, 0.3) is 20.0 Å². The molecule has 11 heteroatoms. The lowest BCUT2D eigenvalue weighted by Crippen LogP contribution is -2.48. The Kier molecular flexibility index (Phi) is 8.79. The van der Waals surface area contributed by atoms with Gasteiger partial charge < -0.3 is 34.3 Å². The van der Waals surface area contributed by atoms with Crippen molar-refractivity contribution < 1.29 is 42.4 Å². The minimum Gasteiger partial charge on any atom is -0.756 e. The molecule has 176 valence electrons. The Morgan fingerprint density at radius 1 is 1.31 bits per heavy atom. The normalized spacial score (nSPS) is 28.2. The topological polar surface area (TPSA) is 144 Å². The van der Waals surface area contributed by atoms with E-state index in [9.17, 15) is 14.3 Å². The van der Waals surface area contributed by atoms with Gasteiger partial charge in [-0.1, -0.05) is 25.2 Å². The van der Waals surface area contributed by atoms with E-state index in [1.54, 1.807) is 22.9 Å². The lowest BCUT2D eigenvalue weighted by molar-refractivity contribution is -0.766. The molecule has 2 aliphatic rings. The number of amides is 1. The highest BCUT2D eigenvalue weighted by Crippen LogP contribution is 2.36. The Labute approximate surface area is 187 Å². The van der Waals surface area contributed by atoms with E-state index < -0.39 is 44.9 Å². The zero-order chi connectivity index (χ0) is 23.1. The molecule has 1 aromatic rings. The Balaban J connectivity index is 1.84. The van der Waals surface area contributed by atoms with Crippen LogP contribution in [0.3, 0.4) is 0 Å². The van der Waals surface area contributed by atoms with Crippen molar-refractivity contribution >= 4 is 13.7 Å². The van der Waals surface area contributed by atoms with Gasteiger partial charge in [-0.05, 0) is 24.8 Å². The van der Waals surface area contributed by atoms with Crippen LogP contribution in [-0.4, -0.2) is 48.9 Å². The van der Waals surface area contributed by atoms with Crippen molar-refractivity contribution in [3.8, 4) is 12.3 Å². The summed E-state index contributed by atoms with van der Waals surface area (Å²) in [4.78, 5) is 31.8. The van der Waals surface area contributed by atoms with Gasteiger partial charge in [-0.2, -0.15) is 4.57 Å². The summed E-state index contributed by atoms with van der Waals surface area (Å²) in [6.45, 7) is -0.0417. The predicted octanol–water partition coefficient (Wildman–Crippen LogP) is 0.432. The standard InChI is InChI=1S/C21H29N2O8P/c1-2-11-28-19-18(29-13-15-7-4-3-5-8-15)17(14-30-32(25,26)27)31-21(19)23-10-6-9-16(12-23)20(22)24/h1,6,9-10,12,15,17-19,21H,3-5,7-8,11,13-14H2,(H3-,22,24,25,26,27)/t17-,18-,19-,21-/m1/s1. The molecule has 1 aliphatic carbocycles. The summed E-state index contributed by atoms with van der Waals surface area (Å²) < 4.78 is 35.4. The maximum Gasteiger partial charge on any atom is 0.292 e. The number of ether oxygens (including phenoxy) is 3. The van der Waals surface area contributed by atoms with Crippen molar-refractivity contribution in [2.24, 2.45) is 11.7 Å². The first-order chi connectivity index (χ1) is 15.3. The number of nitrogens with two attached hydrogens (primary N) is 1. The lowest BCUT2D eigenvalue weighted by atomic mass is 9.90. The van der Waals surface area contributed by atoms with Gasteiger partial charge in [0.2, 0.25) is 0 Å². The SMILES string of the molecule is C#CCO[C@@H]1[C@H](OCC2CCCCC2)[C@@H](COP(=O)([O-])O)O[C@H]1[n+]1cccc(C(N)=O)c1. The Bertz CT molecular complexity index is 864. The summed E-state index contributed by atoms with van der Waals surface area (Å²) in [7, 11) is -4.97. The first kappa shape index (κ1) is 24.8. The first-order valence-corrected chi connectivity index (χ1v) is 12.1. The third-order valence-corrected chi connectivity index (χ3v) is 6.17. The van der Waals surface area contributed by atoms with Crippen molar-refractivity contribution in [2.75, 3.05) is 19.8 Å². The van der Waals surface area contributed by atoms with Gasteiger partial charge in [0, 0.05) is 6.07 Å². The van der Waals surface area contributed by atoms with Gasteiger partial charge in [-0.25, -0.2) is 0 Å². The number of phosphoric ester groups is 1. The number of pyridine rings is 1. The van der Waals surface area contributed by atoms with Crippen LogP contribution in [0, 0.1) is 18.3 Å². The van der Waals surface area contributed by atoms with Crippen LogP contribution in [-0.2, 0) is 23.3 Å². The van der Waals surface area contributed by atoms with Gasteiger partial charge >= 0.3 is 0 Å². The summed E-state index contributed by atoms with van der Waals surface area (Å²) in [6, 6.07) is 3.19. The molecule has 10 nitrogen and oxygen atoms in total. The monoisotopic (exact) mass is 468 g/mol. The third kappa shape index (κ3) is 6.83. The van der Waals surface area contributed by atoms with Crippen molar-refractivity contribution in [1.29, 1.82) is 0 Å². The molecule has 3 rings (SSSR count). The van der Waals surface area contributed by atoms with E-state index in [1.807, 2.05) is 0 Å². The molecule has 0 aromatic carbocycles. The van der Waals surface area contributed by atoms with Crippen LogP contribution < -0.4 is 15.2 Å². The highest BCUT2D eigenvalue weighted by Gasteiger charge is 2.52. The number of aromatic nitrogens is 1. The number of carbonyl (C=O) groups excluding carboxylic acids is 1. The van der Waals surface area contributed by atoms with Crippen LogP contribution in [0.5, 0.6) is 0 Å². The number of terminal acetylenes is 1. The second kappa shape index (κ2) is 11.3. The van der Waals surface area contributed by atoms with Crippen LogP contribution in [0.1, 0.15) is 48.7 Å². The summed E-state index contributed by atoms with van der Waals surface area (Å²) >= 11 is 0. The molecular weight excluding hydrogens is 439 g/mol. The molecule has 2 heterocycles. The van der Waals surface area contributed by atoms with Gasteiger partial charge in [-0.15, -0.1) is 6.42 Å². The largest absolute Gasteiger partial charge is 0.756 e. The first-order valence-electron chi connectivity index (χ1n) is 10.6. The fourth-order valence-corrected chi connectivity index (χ4v) is 4.51. The fourth-order valence-electron chi connectivity index (χ4n) is 4.17. The van der Waals surface area contributed by atoms with Crippen LogP contribution >= 0.6 is 7.82 Å². The predicted molar refractivity (Wildman–Crippen MR) is 110 cm³/mol. The average molecular weight is 468 g/mol. The molecule has 1 aliphatic heterocycles. The van der Waals surface area contributed by atoms with Crippen molar-refractivity contribution in [3.63, 3.8) is 0 Å². The van der Waals surface area contributed by atoms with Crippen molar-refractivity contribution in [1.82, 2.24) is 0 Å². The Morgan fingerprint density at radius 2 is 2.06 bits per heavy atom. The molecule has 1 saturated carbocycles. The minimum atomic E-state index is -4.97. The summed E-state index contributed by atoms with van der Waals surface area (Å²) in [6.07, 6.45) is 11.0. The van der Waals surface area contributed by atoms with Gasteiger partial charge in [0.05, 0.1) is 13.2 Å². The maximum absolute atomic E-state index is 11.6. The zero-order valence-corrected chi connectivity index (χ0v) is 18.6. The van der Waals surface area contributed by atoms with E-state index in [4.69, 9.17) is 31.3 Å². The molecule has 2 fully saturated rings. The van der Waals surface area contributed by atoms with Crippen LogP contribution in [0.4, 0.5) is 0 Å². The smallest absolute Gasteiger partial charge is 0.292 e. The van der Waals surface area contributed by atoms with E-state index in [0.717, 1.165) is 25.7 Å². The number of hydrogen-bond acceptors (Lipinski definition) is 7. The summed E-state index contributed by atoms with van der Waals surface area (Å²) in [5, 5.41) is 0. The number of primary amides is 1.